The maximum Gasteiger partial charge on any atom is 0.384 e. The Morgan fingerprint density at radius 1 is 0.774 bits per heavy atom. The fourth-order valence-corrected chi connectivity index (χ4v) is 3.33. The molecule has 1 saturated carbocycles. The lowest BCUT2D eigenvalue weighted by Gasteiger charge is -2.53. The molecule has 1 fully saturated rings. The summed E-state index contributed by atoms with van der Waals surface area (Å²) in [4.78, 5) is 0. The third-order valence-corrected chi connectivity index (χ3v) is 5.09. The molecule has 0 saturated heterocycles. The molecule has 1 aliphatic carbocycles. The summed E-state index contributed by atoms with van der Waals surface area (Å²) < 4.78 is 158. The Balaban J connectivity index is 2.68. The standard InChI is InChI=1S/C18H17F11O2/c1-3-8-31-11-7-5-4-6-10(11)12(2,30)9-13(19)14(20,21)16(24,25)18(28,29)17(26,27)15(13,22)23/h4-7,30H,3,8-9H2,1-2H3. The minimum Gasteiger partial charge on any atom is -0.493 e. The molecule has 178 valence electrons. The van der Waals surface area contributed by atoms with Crippen molar-refractivity contribution in [2.45, 2.75) is 67.6 Å². The molecule has 0 bridgehead atoms. The van der Waals surface area contributed by atoms with Crippen LogP contribution in [0.3, 0.4) is 0 Å². The van der Waals surface area contributed by atoms with Crippen LogP contribution in [0.1, 0.15) is 32.3 Å². The van der Waals surface area contributed by atoms with Crippen molar-refractivity contribution < 1.29 is 58.1 Å². The Hall–Kier alpha value is -1.79. The first-order valence-electron chi connectivity index (χ1n) is 8.79. The molecule has 0 aliphatic heterocycles. The molecule has 1 aliphatic rings. The van der Waals surface area contributed by atoms with Gasteiger partial charge < -0.3 is 9.84 Å². The Labute approximate surface area is 169 Å². The molecule has 0 radical (unpaired) electrons. The van der Waals surface area contributed by atoms with Gasteiger partial charge in [-0.2, -0.15) is 43.9 Å². The molecule has 1 aromatic rings. The van der Waals surface area contributed by atoms with Crippen LogP contribution in [-0.4, -0.2) is 47.0 Å². The Bertz CT molecular complexity index is 790. The first-order chi connectivity index (χ1) is 13.8. The average molecular weight is 474 g/mol. The van der Waals surface area contributed by atoms with Gasteiger partial charge >= 0.3 is 29.6 Å². The summed E-state index contributed by atoms with van der Waals surface area (Å²) in [6.07, 6.45) is -2.43. The van der Waals surface area contributed by atoms with Crippen LogP contribution in [-0.2, 0) is 5.60 Å². The SMILES string of the molecule is CCCOc1ccccc1C(C)(O)CC1(F)C(F)(F)C(F)(F)C(F)(F)C(F)(F)C1(F)F. The molecule has 2 nitrogen and oxygen atoms in total. The number of aliphatic hydroxyl groups is 1. The molecular formula is C18H17F11O2. The van der Waals surface area contributed by atoms with Crippen molar-refractivity contribution in [3.05, 3.63) is 29.8 Å². The smallest absolute Gasteiger partial charge is 0.384 e. The highest BCUT2D eigenvalue weighted by Crippen LogP contribution is 2.71. The summed E-state index contributed by atoms with van der Waals surface area (Å²) in [6.45, 7) is 1.95. The molecule has 1 atom stereocenters. The van der Waals surface area contributed by atoms with Gasteiger partial charge in [0.05, 0.1) is 12.2 Å². The molecule has 1 N–H and O–H groups in total. The lowest BCUT2D eigenvalue weighted by molar-refractivity contribution is -0.488. The summed E-state index contributed by atoms with van der Waals surface area (Å²) in [6, 6.07) is 4.31. The molecule has 13 heteroatoms. The van der Waals surface area contributed by atoms with E-state index < -0.39 is 52.9 Å². The van der Waals surface area contributed by atoms with Gasteiger partial charge in [0.15, 0.2) is 0 Å². The van der Waals surface area contributed by atoms with E-state index in [0.29, 0.717) is 13.3 Å². The van der Waals surface area contributed by atoms with Crippen molar-refractivity contribution in [2.24, 2.45) is 0 Å². The lowest BCUT2D eigenvalue weighted by atomic mass is 9.67. The zero-order chi connectivity index (χ0) is 24.3. The third kappa shape index (κ3) is 3.09. The van der Waals surface area contributed by atoms with Crippen LogP contribution >= 0.6 is 0 Å². The van der Waals surface area contributed by atoms with Gasteiger partial charge in [-0.3, -0.25) is 0 Å². The van der Waals surface area contributed by atoms with Gasteiger partial charge in [-0.05, 0) is 19.4 Å². The molecule has 1 aromatic carbocycles. The van der Waals surface area contributed by atoms with Crippen LogP contribution in [0.5, 0.6) is 5.75 Å². The second-order valence-electron chi connectivity index (χ2n) is 7.47. The van der Waals surface area contributed by atoms with Gasteiger partial charge in [-0.15, -0.1) is 0 Å². The molecule has 1 unspecified atom stereocenters. The fourth-order valence-electron chi connectivity index (χ4n) is 3.33. The van der Waals surface area contributed by atoms with Gasteiger partial charge in [0.1, 0.15) is 5.75 Å². The number of halogens is 11. The predicted octanol–water partition coefficient (Wildman–Crippen LogP) is 5.97. The predicted molar refractivity (Wildman–Crippen MR) is 85.0 cm³/mol. The first-order valence-corrected chi connectivity index (χ1v) is 8.79. The average Bonchev–Trinajstić information content (AvgIpc) is 2.64. The highest BCUT2D eigenvalue weighted by molar-refractivity contribution is 5.39. The quantitative estimate of drug-likeness (QED) is 0.515. The first kappa shape index (κ1) is 25.5. The summed E-state index contributed by atoms with van der Waals surface area (Å²) >= 11 is 0. The molecule has 2 rings (SSSR count). The van der Waals surface area contributed by atoms with Gasteiger partial charge in [-0.25, -0.2) is 4.39 Å². The second-order valence-corrected chi connectivity index (χ2v) is 7.47. The minimum atomic E-state index is -7.30. The van der Waals surface area contributed by atoms with Gasteiger partial charge in [0, 0.05) is 12.0 Å². The second kappa shape index (κ2) is 7.11. The Kier molecular flexibility index (Phi) is 5.84. The lowest BCUT2D eigenvalue weighted by Crippen LogP contribution is -2.84. The van der Waals surface area contributed by atoms with Gasteiger partial charge in [0.25, 0.3) is 5.67 Å². The number of alkyl halides is 11. The molecular weight excluding hydrogens is 457 g/mol. The monoisotopic (exact) mass is 474 g/mol. The minimum absolute atomic E-state index is 0.0669. The van der Waals surface area contributed by atoms with Crippen molar-refractivity contribution in [3.63, 3.8) is 0 Å². The van der Waals surface area contributed by atoms with E-state index in [-0.39, 0.29) is 12.4 Å². The third-order valence-electron chi connectivity index (χ3n) is 5.09. The van der Waals surface area contributed by atoms with Crippen molar-refractivity contribution in [3.8, 4) is 5.75 Å². The molecule has 0 aromatic heterocycles. The van der Waals surface area contributed by atoms with Crippen molar-refractivity contribution in [2.75, 3.05) is 6.61 Å². The normalized spacial score (nSPS) is 26.6. The van der Waals surface area contributed by atoms with Gasteiger partial charge in [-0.1, -0.05) is 25.1 Å². The van der Waals surface area contributed by atoms with Crippen LogP contribution in [0.25, 0.3) is 0 Å². The zero-order valence-electron chi connectivity index (χ0n) is 15.9. The van der Waals surface area contributed by atoms with E-state index in [1.165, 1.54) is 6.07 Å². The number of ether oxygens (including phenoxy) is 1. The highest BCUT2D eigenvalue weighted by atomic mass is 19.4. The zero-order valence-corrected chi connectivity index (χ0v) is 15.9. The maximum atomic E-state index is 15.0. The highest BCUT2D eigenvalue weighted by Gasteiger charge is 3.01. The number of benzene rings is 1. The van der Waals surface area contributed by atoms with E-state index in [1.807, 2.05) is 0 Å². The summed E-state index contributed by atoms with van der Waals surface area (Å²) in [5.74, 6) is -36.1. The van der Waals surface area contributed by atoms with E-state index in [1.54, 1.807) is 6.92 Å². The summed E-state index contributed by atoms with van der Waals surface area (Å²) in [5.41, 5.74) is -10.2. The van der Waals surface area contributed by atoms with Crippen LogP contribution in [0, 0.1) is 0 Å². The maximum absolute atomic E-state index is 15.0. The fraction of sp³-hybridized carbons (Fsp3) is 0.667. The van der Waals surface area contributed by atoms with E-state index in [4.69, 9.17) is 4.74 Å². The van der Waals surface area contributed by atoms with Crippen molar-refractivity contribution >= 4 is 0 Å². The Morgan fingerprint density at radius 2 is 1.19 bits per heavy atom. The molecule has 0 spiro atoms. The number of hydrogen-bond acceptors (Lipinski definition) is 2. The van der Waals surface area contributed by atoms with E-state index >= 15 is 4.39 Å². The summed E-state index contributed by atoms with van der Waals surface area (Å²) in [7, 11) is 0. The van der Waals surface area contributed by atoms with E-state index in [2.05, 4.69) is 0 Å². The Morgan fingerprint density at radius 3 is 1.65 bits per heavy atom. The van der Waals surface area contributed by atoms with Gasteiger partial charge in [0.2, 0.25) is 0 Å². The van der Waals surface area contributed by atoms with E-state index in [0.717, 1.165) is 18.2 Å². The molecule has 31 heavy (non-hydrogen) atoms. The van der Waals surface area contributed by atoms with Crippen LogP contribution in [0.2, 0.25) is 0 Å². The van der Waals surface area contributed by atoms with Crippen LogP contribution in [0.4, 0.5) is 48.3 Å². The molecule has 0 amide bonds. The number of rotatable bonds is 6. The topological polar surface area (TPSA) is 29.5 Å². The number of para-hydroxylation sites is 1. The largest absolute Gasteiger partial charge is 0.493 e. The van der Waals surface area contributed by atoms with Crippen LogP contribution in [0.15, 0.2) is 24.3 Å². The summed E-state index contributed by atoms with van der Waals surface area (Å²) in [5, 5.41) is 10.5. The van der Waals surface area contributed by atoms with Crippen molar-refractivity contribution in [1.29, 1.82) is 0 Å². The van der Waals surface area contributed by atoms with Crippen LogP contribution < -0.4 is 4.74 Å². The van der Waals surface area contributed by atoms with Crippen molar-refractivity contribution in [1.82, 2.24) is 0 Å². The molecule has 0 heterocycles. The number of hydrogen-bond donors (Lipinski definition) is 1. The van der Waals surface area contributed by atoms with E-state index in [9.17, 15) is 49.0 Å².